The number of halogens is 1. The minimum absolute atomic E-state index is 0.0603. The highest BCUT2D eigenvalue weighted by molar-refractivity contribution is 7.92. The van der Waals surface area contributed by atoms with E-state index in [1.165, 1.54) is 6.20 Å². The van der Waals surface area contributed by atoms with Gasteiger partial charge in [0.15, 0.2) is 5.82 Å². The van der Waals surface area contributed by atoms with Gasteiger partial charge >= 0.3 is 0 Å². The average Bonchev–Trinajstić information content (AvgIpc) is 2.81. The van der Waals surface area contributed by atoms with E-state index in [0.717, 1.165) is 16.6 Å². The van der Waals surface area contributed by atoms with Crippen molar-refractivity contribution in [1.82, 2.24) is 20.3 Å². The molecule has 8 nitrogen and oxygen atoms in total. The molecule has 1 aromatic carbocycles. The molecule has 10 heteroatoms. The summed E-state index contributed by atoms with van der Waals surface area (Å²) in [6, 6.07) is 7.13. The van der Waals surface area contributed by atoms with Crippen molar-refractivity contribution in [3.8, 4) is 0 Å². The highest BCUT2D eigenvalue weighted by Gasteiger charge is 2.09. The molecular formula is C12H14ClN5O3S. The van der Waals surface area contributed by atoms with Crippen LogP contribution in [-0.2, 0) is 27.9 Å². The Morgan fingerprint density at radius 3 is 2.86 bits per heavy atom. The fraction of sp³-hybridized carbons (Fsp3) is 0.250. The Morgan fingerprint density at radius 1 is 1.41 bits per heavy atom. The summed E-state index contributed by atoms with van der Waals surface area (Å²) < 4.78 is 24.3. The van der Waals surface area contributed by atoms with E-state index in [2.05, 4.69) is 20.2 Å². The monoisotopic (exact) mass is 343 g/mol. The first-order valence-electron chi connectivity index (χ1n) is 6.21. The van der Waals surface area contributed by atoms with Gasteiger partial charge in [-0.2, -0.15) is 9.90 Å². The Balaban J connectivity index is 1.87. The van der Waals surface area contributed by atoms with E-state index in [1.807, 2.05) is 6.07 Å². The summed E-state index contributed by atoms with van der Waals surface area (Å²) in [5.41, 5.74) is 0.869. The molecule has 0 radical (unpaired) electrons. The predicted octanol–water partition coefficient (Wildman–Crippen LogP) is 0.619. The van der Waals surface area contributed by atoms with Crippen LogP contribution in [0.4, 0.5) is 5.82 Å². The Kier molecular flexibility index (Phi) is 4.99. The molecule has 0 aliphatic heterocycles. The summed E-state index contributed by atoms with van der Waals surface area (Å²) in [6.45, 7) is 0.209. The van der Waals surface area contributed by atoms with Gasteiger partial charge in [0.1, 0.15) is 6.54 Å². The van der Waals surface area contributed by atoms with Crippen LogP contribution in [-0.4, -0.2) is 35.6 Å². The van der Waals surface area contributed by atoms with Gasteiger partial charge in [-0.05, 0) is 17.7 Å². The number of hydrogen-bond donors (Lipinski definition) is 2. The van der Waals surface area contributed by atoms with Crippen LogP contribution in [0.5, 0.6) is 0 Å². The molecule has 0 aliphatic rings. The lowest BCUT2D eigenvalue weighted by Gasteiger charge is -2.05. The molecule has 2 N–H and O–H groups in total. The molecule has 1 aromatic heterocycles. The number of carbonyl (C=O) groups is 1. The normalized spacial score (nSPS) is 11.2. The molecule has 2 rings (SSSR count). The van der Waals surface area contributed by atoms with E-state index in [1.54, 1.807) is 18.2 Å². The number of benzene rings is 1. The number of sulfonamides is 1. The highest BCUT2D eigenvalue weighted by atomic mass is 35.5. The highest BCUT2D eigenvalue weighted by Crippen LogP contribution is 2.10. The SMILES string of the molecule is CS(=O)(=O)Nc1cnn(CC(=O)NCc2cccc(Cl)c2)n1. The molecular weight excluding hydrogens is 330 g/mol. The van der Waals surface area contributed by atoms with Gasteiger partial charge in [0.05, 0.1) is 12.5 Å². The summed E-state index contributed by atoms with van der Waals surface area (Å²) in [5.74, 6) is -0.244. The number of anilines is 1. The van der Waals surface area contributed by atoms with Gasteiger partial charge in [0.2, 0.25) is 15.9 Å². The molecule has 0 saturated heterocycles. The van der Waals surface area contributed by atoms with Gasteiger partial charge in [0, 0.05) is 11.6 Å². The molecule has 1 heterocycles. The van der Waals surface area contributed by atoms with Gasteiger partial charge in [-0.3, -0.25) is 9.52 Å². The molecule has 22 heavy (non-hydrogen) atoms. The second-order valence-electron chi connectivity index (χ2n) is 4.54. The Labute approximate surface area is 132 Å². The molecule has 0 aliphatic carbocycles. The minimum atomic E-state index is -3.42. The molecule has 118 valence electrons. The van der Waals surface area contributed by atoms with Crippen molar-refractivity contribution >= 4 is 33.3 Å². The third-order valence-corrected chi connectivity index (χ3v) is 3.31. The first kappa shape index (κ1) is 16.2. The first-order chi connectivity index (χ1) is 10.3. The molecule has 0 atom stereocenters. The standard InChI is InChI=1S/C12H14ClN5O3S/c1-22(20,21)17-11-7-15-18(16-11)8-12(19)14-6-9-3-2-4-10(13)5-9/h2-5,7H,6,8H2,1H3,(H,14,19)(H,16,17). The predicted molar refractivity (Wildman–Crippen MR) is 81.8 cm³/mol. The Bertz CT molecular complexity index is 775. The molecule has 2 aromatic rings. The number of carbonyl (C=O) groups excluding carboxylic acids is 1. The van der Waals surface area contributed by atoms with Crippen molar-refractivity contribution in [2.24, 2.45) is 0 Å². The van der Waals surface area contributed by atoms with Crippen molar-refractivity contribution in [1.29, 1.82) is 0 Å². The maximum Gasteiger partial charge on any atom is 0.243 e. The van der Waals surface area contributed by atoms with Crippen molar-refractivity contribution in [2.75, 3.05) is 11.0 Å². The topological polar surface area (TPSA) is 106 Å². The van der Waals surface area contributed by atoms with Gasteiger partial charge in [-0.15, -0.1) is 5.10 Å². The molecule has 1 amide bonds. The van der Waals surface area contributed by atoms with Gasteiger partial charge in [-0.25, -0.2) is 8.42 Å². The largest absolute Gasteiger partial charge is 0.350 e. The zero-order valence-corrected chi connectivity index (χ0v) is 13.2. The van der Waals surface area contributed by atoms with Crippen LogP contribution in [0, 0.1) is 0 Å². The second-order valence-corrected chi connectivity index (χ2v) is 6.73. The average molecular weight is 344 g/mol. The molecule has 0 bridgehead atoms. The van der Waals surface area contributed by atoms with Gasteiger partial charge in [0.25, 0.3) is 0 Å². The van der Waals surface area contributed by atoms with Gasteiger partial charge < -0.3 is 5.32 Å². The van der Waals surface area contributed by atoms with Crippen molar-refractivity contribution < 1.29 is 13.2 Å². The number of nitrogens with one attached hydrogen (secondary N) is 2. The lowest BCUT2D eigenvalue weighted by molar-refractivity contribution is -0.122. The van der Waals surface area contributed by atoms with Crippen LogP contribution < -0.4 is 10.0 Å². The van der Waals surface area contributed by atoms with E-state index in [4.69, 9.17) is 11.6 Å². The quantitative estimate of drug-likeness (QED) is 0.799. The van der Waals surface area contributed by atoms with Crippen LogP contribution in [0.15, 0.2) is 30.5 Å². The Hall–Kier alpha value is -2.13. The number of hydrogen-bond acceptors (Lipinski definition) is 5. The zero-order chi connectivity index (χ0) is 16.2. The fourth-order valence-corrected chi connectivity index (χ4v) is 2.33. The summed E-state index contributed by atoms with van der Waals surface area (Å²) in [4.78, 5) is 12.9. The number of amides is 1. The van der Waals surface area contributed by atoms with E-state index in [0.29, 0.717) is 11.6 Å². The number of nitrogens with zero attached hydrogens (tertiary/aromatic N) is 3. The Morgan fingerprint density at radius 2 is 2.18 bits per heavy atom. The molecule has 0 fully saturated rings. The maximum atomic E-state index is 11.8. The maximum absolute atomic E-state index is 11.8. The molecule has 0 unspecified atom stereocenters. The summed E-state index contributed by atoms with van der Waals surface area (Å²) >= 11 is 5.85. The van der Waals surface area contributed by atoms with E-state index >= 15 is 0 Å². The van der Waals surface area contributed by atoms with Crippen LogP contribution in [0.25, 0.3) is 0 Å². The third-order valence-electron chi connectivity index (χ3n) is 2.49. The fourth-order valence-electron chi connectivity index (χ4n) is 1.64. The van der Waals surface area contributed by atoms with E-state index in [9.17, 15) is 13.2 Å². The minimum Gasteiger partial charge on any atom is -0.350 e. The first-order valence-corrected chi connectivity index (χ1v) is 8.48. The lowest BCUT2D eigenvalue weighted by atomic mass is 10.2. The summed E-state index contributed by atoms with van der Waals surface area (Å²) in [5, 5.41) is 10.9. The second kappa shape index (κ2) is 6.75. The van der Waals surface area contributed by atoms with Gasteiger partial charge in [-0.1, -0.05) is 23.7 Å². The smallest absolute Gasteiger partial charge is 0.243 e. The van der Waals surface area contributed by atoms with Crippen molar-refractivity contribution in [2.45, 2.75) is 13.1 Å². The zero-order valence-electron chi connectivity index (χ0n) is 11.7. The van der Waals surface area contributed by atoms with Crippen molar-refractivity contribution in [3.63, 3.8) is 0 Å². The lowest BCUT2D eigenvalue weighted by Crippen LogP contribution is -2.28. The van der Waals surface area contributed by atoms with Crippen molar-refractivity contribution in [3.05, 3.63) is 41.0 Å². The van der Waals surface area contributed by atoms with Crippen LogP contribution in [0.1, 0.15) is 5.56 Å². The number of aromatic nitrogens is 3. The van der Waals surface area contributed by atoms with Crippen LogP contribution in [0.2, 0.25) is 5.02 Å². The summed E-state index contributed by atoms with van der Waals surface area (Å²) in [6.07, 6.45) is 2.23. The molecule has 0 saturated carbocycles. The van der Waals surface area contributed by atoms with Crippen LogP contribution in [0.3, 0.4) is 0 Å². The third kappa shape index (κ3) is 5.34. The van der Waals surface area contributed by atoms with E-state index < -0.39 is 10.0 Å². The van der Waals surface area contributed by atoms with Crippen LogP contribution >= 0.6 is 11.6 Å². The molecule has 0 spiro atoms. The summed E-state index contributed by atoms with van der Waals surface area (Å²) in [7, 11) is -3.42. The van der Waals surface area contributed by atoms with E-state index in [-0.39, 0.29) is 18.3 Å². The number of rotatable bonds is 6.